The number of carbonyl (C=O) groups is 2. The number of cyclic esters (lactones) is 1. The third-order valence-corrected chi connectivity index (χ3v) is 5.19. The zero-order valence-corrected chi connectivity index (χ0v) is 26.7. The Labute approximate surface area is 263 Å². The van der Waals surface area contributed by atoms with Gasteiger partial charge in [-0.15, -0.1) is 0 Å². The molecule has 1 aliphatic rings. The molecule has 0 radical (unpaired) electrons. The maximum atomic E-state index is 11.7. The van der Waals surface area contributed by atoms with Crippen LogP contribution in [0.25, 0.3) is 0 Å². The van der Waals surface area contributed by atoms with Gasteiger partial charge in [0.1, 0.15) is 12.7 Å². The van der Waals surface area contributed by atoms with E-state index in [1.165, 1.54) is 64.2 Å². The predicted octanol–water partition coefficient (Wildman–Crippen LogP) is -4.03. The van der Waals surface area contributed by atoms with E-state index >= 15 is 0 Å². The van der Waals surface area contributed by atoms with Crippen LogP contribution in [-0.2, 0) is 19.1 Å². The second kappa shape index (κ2) is 24.0. The Balaban J connectivity index is -0.000000350. The zero-order valence-electron chi connectivity index (χ0n) is 23.7. The van der Waals surface area contributed by atoms with E-state index in [0.717, 1.165) is 19.3 Å². The Morgan fingerprint density at radius 1 is 0.906 bits per heavy atom. The van der Waals surface area contributed by atoms with Crippen molar-refractivity contribution < 1.29 is 127 Å². The van der Waals surface area contributed by atoms with E-state index < -0.39 is 42.3 Å². The fraction of sp³-hybridized carbons (Fsp3) is 0.818. The van der Waals surface area contributed by atoms with Gasteiger partial charge < -0.3 is 29.1 Å². The standard InChI is InChI=1S/C22H38O7.3Na.3H/c1-2-3-4-5-6-7-8-9-10-11-12-13-14-15-18(24)28-16-17(23)21-19(25)20(26)22(27)29-21;;;;;;/h17,21,23,25-26H,2-16H2,1H3;;;;;;/q;3*+1;3*-1/t17-,21+;;;;;;/m0....../s1. The molecule has 0 saturated heterocycles. The van der Waals surface area contributed by atoms with Crippen LogP contribution in [0.2, 0.25) is 0 Å². The first kappa shape index (κ1) is 37.8. The molecular formula is C22H41Na3O7. The number of hydrogen-bond acceptors (Lipinski definition) is 7. The van der Waals surface area contributed by atoms with E-state index in [4.69, 9.17) is 4.74 Å². The first-order valence-electron chi connectivity index (χ1n) is 11.1. The predicted molar refractivity (Wildman–Crippen MR) is 113 cm³/mol. The average molecular weight is 487 g/mol. The van der Waals surface area contributed by atoms with E-state index in [1.807, 2.05) is 0 Å². The molecule has 1 rings (SSSR count). The van der Waals surface area contributed by atoms with Crippen LogP contribution < -0.4 is 88.7 Å². The molecule has 0 amide bonds. The Morgan fingerprint density at radius 2 is 1.34 bits per heavy atom. The quantitative estimate of drug-likeness (QED) is 0.109. The first-order valence-corrected chi connectivity index (χ1v) is 11.1. The van der Waals surface area contributed by atoms with Gasteiger partial charge in [-0.1, -0.05) is 84.0 Å². The number of esters is 2. The molecule has 0 aliphatic carbocycles. The van der Waals surface area contributed by atoms with Gasteiger partial charge in [-0.05, 0) is 6.42 Å². The van der Waals surface area contributed by atoms with Crippen LogP contribution in [0.5, 0.6) is 0 Å². The molecule has 0 fully saturated rings. The van der Waals surface area contributed by atoms with Gasteiger partial charge in [-0.25, -0.2) is 4.79 Å². The van der Waals surface area contributed by atoms with Gasteiger partial charge in [0.2, 0.25) is 5.76 Å². The van der Waals surface area contributed by atoms with E-state index in [1.54, 1.807) is 0 Å². The zero-order chi connectivity index (χ0) is 21.5. The summed E-state index contributed by atoms with van der Waals surface area (Å²) in [6.45, 7) is 1.83. The molecule has 1 aliphatic heterocycles. The number of rotatable bonds is 17. The number of ether oxygens (including phenoxy) is 2. The van der Waals surface area contributed by atoms with Gasteiger partial charge in [0, 0.05) is 6.42 Å². The number of aliphatic hydroxyl groups is 3. The molecule has 0 saturated carbocycles. The fourth-order valence-corrected chi connectivity index (χ4v) is 3.35. The van der Waals surface area contributed by atoms with E-state index in [0.29, 0.717) is 0 Å². The summed E-state index contributed by atoms with van der Waals surface area (Å²) in [7, 11) is 0. The molecule has 0 bridgehead atoms. The molecule has 32 heavy (non-hydrogen) atoms. The summed E-state index contributed by atoms with van der Waals surface area (Å²) in [5, 5.41) is 28.5. The molecule has 3 N–H and O–H groups in total. The van der Waals surface area contributed by atoms with Crippen LogP contribution in [-0.4, -0.2) is 46.1 Å². The van der Waals surface area contributed by atoms with Crippen LogP contribution in [0.4, 0.5) is 0 Å². The minimum absolute atomic E-state index is 0. The van der Waals surface area contributed by atoms with Crippen LogP contribution in [0.15, 0.2) is 11.5 Å². The normalized spacial score (nSPS) is 15.8. The van der Waals surface area contributed by atoms with Crippen molar-refractivity contribution in [3.63, 3.8) is 0 Å². The Morgan fingerprint density at radius 3 is 1.75 bits per heavy atom. The van der Waals surface area contributed by atoms with Crippen molar-refractivity contribution in [1.29, 1.82) is 0 Å². The maximum absolute atomic E-state index is 11.7. The molecule has 10 heteroatoms. The van der Waals surface area contributed by atoms with Crippen molar-refractivity contribution in [2.24, 2.45) is 0 Å². The van der Waals surface area contributed by atoms with Crippen LogP contribution in [0.1, 0.15) is 101 Å². The number of hydrogen-bond donors (Lipinski definition) is 3. The SMILES string of the molecule is CCCCCCCCCCCCCCCC(=O)OC[C@H](O)[C@H]1OC(=O)C(O)=C1O.[H-].[H-].[H-].[Na+].[Na+].[Na+]. The summed E-state index contributed by atoms with van der Waals surface area (Å²) in [4.78, 5) is 22.8. The summed E-state index contributed by atoms with van der Waals surface area (Å²) in [6.07, 6.45) is 13.4. The van der Waals surface area contributed by atoms with Gasteiger partial charge in [0.05, 0.1) is 0 Å². The van der Waals surface area contributed by atoms with Crippen LogP contribution in [0.3, 0.4) is 0 Å². The van der Waals surface area contributed by atoms with Crippen molar-refractivity contribution in [2.45, 2.75) is 109 Å². The van der Waals surface area contributed by atoms with E-state index in [-0.39, 0.29) is 99.4 Å². The van der Waals surface area contributed by atoms with Crippen molar-refractivity contribution in [3.05, 3.63) is 11.5 Å². The van der Waals surface area contributed by atoms with Crippen molar-refractivity contribution in [2.75, 3.05) is 6.61 Å². The fourth-order valence-electron chi connectivity index (χ4n) is 3.35. The number of aliphatic hydroxyl groups excluding tert-OH is 3. The maximum Gasteiger partial charge on any atom is 1.00 e. The largest absolute Gasteiger partial charge is 1.00 e. The molecule has 0 unspecified atom stereocenters. The van der Waals surface area contributed by atoms with Crippen LogP contribution >= 0.6 is 0 Å². The molecule has 0 aromatic heterocycles. The van der Waals surface area contributed by atoms with Gasteiger partial charge in [-0.3, -0.25) is 4.79 Å². The minimum Gasteiger partial charge on any atom is -1.00 e. The summed E-state index contributed by atoms with van der Waals surface area (Å²) in [6, 6.07) is 0. The second-order valence-electron chi connectivity index (χ2n) is 7.80. The Kier molecular flexibility index (Phi) is 28.3. The molecule has 0 aromatic carbocycles. The van der Waals surface area contributed by atoms with Gasteiger partial charge in [0.15, 0.2) is 11.9 Å². The summed E-state index contributed by atoms with van der Waals surface area (Å²) >= 11 is 0. The molecule has 0 aromatic rings. The first-order chi connectivity index (χ1) is 14.0. The van der Waals surface area contributed by atoms with Gasteiger partial charge in [-0.2, -0.15) is 0 Å². The molecule has 0 spiro atoms. The van der Waals surface area contributed by atoms with Crippen molar-refractivity contribution in [3.8, 4) is 0 Å². The molecule has 174 valence electrons. The van der Waals surface area contributed by atoms with Crippen molar-refractivity contribution >= 4 is 11.9 Å². The topological polar surface area (TPSA) is 113 Å². The number of carbonyl (C=O) groups excluding carboxylic acids is 2. The van der Waals surface area contributed by atoms with E-state index in [9.17, 15) is 24.9 Å². The smallest absolute Gasteiger partial charge is 1.00 e. The molecule has 2 atom stereocenters. The summed E-state index contributed by atoms with van der Waals surface area (Å²) in [5.74, 6) is -3.21. The van der Waals surface area contributed by atoms with Gasteiger partial charge in [0.25, 0.3) is 0 Å². The molecule has 1 heterocycles. The third-order valence-electron chi connectivity index (χ3n) is 5.19. The van der Waals surface area contributed by atoms with E-state index in [2.05, 4.69) is 11.7 Å². The second-order valence-corrected chi connectivity index (χ2v) is 7.80. The number of unbranched alkanes of at least 4 members (excludes halogenated alkanes) is 12. The van der Waals surface area contributed by atoms with Crippen molar-refractivity contribution in [1.82, 2.24) is 0 Å². The van der Waals surface area contributed by atoms with Gasteiger partial charge >= 0.3 is 101 Å². The monoisotopic (exact) mass is 486 g/mol. The molecule has 7 nitrogen and oxygen atoms in total. The summed E-state index contributed by atoms with van der Waals surface area (Å²) in [5.41, 5.74) is 0. The Hall–Kier alpha value is 1.24. The van der Waals surface area contributed by atoms with Crippen LogP contribution in [0, 0.1) is 0 Å². The average Bonchev–Trinajstić information content (AvgIpc) is 2.97. The third kappa shape index (κ3) is 16.8. The Bertz CT molecular complexity index is 544. The molecular weight excluding hydrogens is 445 g/mol. The summed E-state index contributed by atoms with van der Waals surface area (Å²) < 4.78 is 9.55. The minimum atomic E-state index is -1.42.